The number of carbonyl (C=O) groups is 4. The van der Waals surface area contributed by atoms with Crippen LogP contribution in [0.5, 0.6) is 11.5 Å². The van der Waals surface area contributed by atoms with Crippen molar-refractivity contribution in [1.29, 1.82) is 0 Å². The zero-order valence-corrected chi connectivity index (χ0v) is 24.0. The average Bonchev–Trinajstić information content (AvgIpc) is 2.89. The Morgan fingerprint density at radius 2 is 1.77 bits per heavy atom. The summed E-state index contributed by atoms with van der Waals surface area (Å²) in [7, 11) is 0. The third-order valence-electron chi connectivity index (χ3n) is 5.84. The molecule has 1 aliphatic rings. The predicted molar refractivity (Wildman–Crippen MR) is 156 cm³/mol. The quantitative estimate of drug-likeness (QED) is 0.197. The van der Waals surface area contributed by atoms with Gasteiger partial charge in [-0.2, -0.15) is 0 Å². The number of rotatable bonds is 8. The summed E-state index contributed by atoms with van der Waals surface area (Å²) < 4.78 is 25.5. The molecule has 206 valence electrons. The van der Waals surface area contributed by atoms with Crippen LogP contribution in [0.4, 0.5) is 20.6 Å². The highest BCUT2D eigenvalue weighted by Crippen LogP contribution is 2.35. The maximum atomic E-state index is 13.4. The Bertz CT molecular complexity index is 1540. The highest BCUT2D eigenvalue weighted by molar-refractivity contribution is 14.1. The number of barbiturate groups is 1. The summed E-state index contributed by atoms with van der Waals surface area (Å²) in [6.45, 7) is 5.61. The number of imide groups is 2. The Kier molecular flexibility index (Phi) is 8.83. The normalized spacial score (nSPS) is 14.3. The number of halogens is 2. The molecule has 1 heterocycles. The maximum Gasteiger partial charge on any atom is 0.335 e. The number of amides is 5. The van der Waals surface area contributed by atoms with Gasteiger partial charge in [0.15, 0.2) is 18.1 Å². The molecule has 1 saturated heterocycles. The Hall–Kier alpha value is -4.26. The van der Waals surface area contributed by atoms with E-state index in [4.69, 9.17) is 9.47 Å². The van der Waals surface area contributed by atoms with Crippen molar-refractivity contribution in [2.45, 2.75) is 20.8 Å². The number of urea groups is 1. The Morgan fingerprint density at radius 1 is 1.05 bits per heavy atom. The molecule has 40 heavy (non-hydrogen) atoms. The number of aryl methyl sites for hydroxylation is 2. The second kappa shape index (κ2) is 12.3. The summed E-state index contributed by atoms with van der Waals surface area (Å²) in [5.74, 6) is -2.00. The van der Waals surface area contributed by atoms with E-state index >= 15 is 0 Å². The smallest absolute Gasteiger partial charge is 0.335 e. The topological polar surface area (TPSA) is 114 Å². The van der Waals surface area contributed by atoms with Crippen molar-refractivity contribution in [2.24, 2.45) is 0 Å². The number of ether oxygens (including phenoxy) is 2. The Morgan fingerprint density at radius 3 is 2.48 bits per heavy atom. The fourth-order valence-electron chi connectivity index (χ4n) is 3.92. The van der Waals surface area contributed by atoms with Crippen LogP contribution in [-0.2, 0) is 14.4 Å². The molecule has 0 atom stereocenters. The van der Waals surface area contributed by atoms with Crippen molar-refractivity contribution in [3.05, 3.63) is 86.2 Å². The van der Waals surface area contributed by atoms with Crippen LogP contribution in [0.1, 0.15) is 23.6 Å². The molecule has 0 aliphatic carbocycles. The lowest BCUT2D eigenvalue weighted by Crippen LogP contribution is -2.54. The number of nitrogens with one attached hydrogen (secondary N) is 2. The van der Waals surface area contributed by atoms with Crippen LogP contribution in [0.3, 0.4) is 0 Å². The van der Waals surface area contributed by atoms with E-state index < -0.39 is 23.7 Å². The molecule has 0 saturated carbocycles. The van der Waals surface area contributed by atoms with Gasteiger partial charge in [0.2, 0.25) is 0 Å². The molecule has 0 spiro atoms. The van der Waals surface area contributed by atoms with Crippen LogP contribution in [0, 0.1) is 23.2 Å². The van der Waals surface area contributed by atoms with E-state index in [2.05, 4.69) is 10.6 Å². The summed E-state index contributed by atoms with van der Waals surface area (Å²) in [5, 5.41) is 4.97. The van der Waals surface area contributed by atoms with Crippen molar-refractivity contribution in [1.82, 2.24) is 5.32 Å². The minimum absolute atomic E-state index is 0.106. The first-order chi connectivity index (χ1) is 19.1. The molecule has 0 radical (unpaired) electrons. The Labute approximate surface area is 243 Å². The molecule has 3 aromatic rings. The second-order valence-corrected chi connectivity index (χ2v) is 10.0. The minimum Gasteiger partial charge on any atom is -0.490 e. The minimum atomic E-state index is -0.939. The largest absolute Gasteiger partial charge is 0.490 e. The third-order valence-corrected chi connectivity index (χ3v) is 6.65. The van der Waals surface area contributed by atoms with Crippen LogP contribution in [0.2, 0.25) is 0 Å². The summed E-state index contributed by atoms with van der Waals surface area (Å²) in [5.41, 5.74) is 2.85. The van der Waals surface area contributed by atoms with Crippen molar-refractivity contribution in [3.8, 4) is 11.5 Å². The zero-order valence-electron chi connectivity index (χ0n) is 21.8. The number of anilines is 2. The number of nitrogens with zero attached hydrogens (tertiary/aromatic N) is 1. The highest BCUT2D eigenvalue weighted by atomic mass is 127. The van der Waals surface area contributed by atoms with Crippen molar-refractivity contribution < 1.29 is 33.0 Å². The van der Waals surface area contributed by atoms with Crippen molar-refractivity contribution in [3.63, 3.8) is 0 Å². The SMILES string of the molecule is CCOc1cc(/C=C2\C(=O)NC(=O)N(c3ccc(F)cc3)C2=O)cc(I)c1OCC(=O)Nc1cc(C)ccc1C. The molecule has 0 bridgehead atoms. The van der Waals surface area contributed by atoms with Crippen LogP contribution < -0.4 is 25.0 Å². The summed E-state index contributed by atoms with van der Waals surface area (Å²) >= 11 is 2.00. The van der Waals surface area contributed by atoms with Crippen molar-refractivity contribution >= 4 is 63.8 Å². The van der Waals surface area contributed by atoms with Crippen molar-refractivity contribution in [2.75, 3.05) is 23.4 Å². The number of hydrogen-bond acceptors (Lipinski definition) is 6. The van der Waals surface area contributed by atoms with E-state index in [1.165, 1.54) is 18.2 Å². The fraction of sp³-hybridized carbons (Fsp3) is 0.172. The molecule has 3 aromatic carbocycles. The molecule has 9 nitrogen and oxygen atoms in total. The van der Waals surface area contributed by atoms with Gasteiger partial charge in [-0.05, 0) is 109 Å². The van der Waals surface area contributed by atoms with Gasteiger partial charge < -0.3 is 14.8 Å². The number of carbonyl (C=O) groups excluding carboxylic acids is 4. The first-order valence-electron chi connectivity index (χ1n) is 12.2. The van der Waals surface area contributed by atoms with Crippen LogP contribution in [0.15, 0.2) is 60.2 Å². The van der Waals surface area contributed by atoms with Gasteiger partial charge in [-0.3, -0.25) is 19.7 Å². The molecular weight excluding hydrogens is 632 g/mol. The fourth-order valence-corrected chi connectivity index (χ4v) is 4.70. The zero-order chi connectivity index (χ0) is 29.0. The lowest BCUT2D eigenvalue weighted by Gasteiger charge is -2.26. The van der Waals surface area contributed by atoms with E-state index in [1.54, 1.807) is 19.1 Å². The van der Waals surface area contributed by atoms with Gasteiger partial charge in [0.25, 0.3) is 17.7 Å². The lowest BCUT2D eigenvalue weighted by molar-refractivity contribution is -0.122. The predicted octanol–water partition coefficient (Wildman–Crippen LogP) is 5.13. The second-order valence-electron chi connectivity index (χ2n) is 8.85. The van der Waals surface area contributed by atoms with Crippen LogP contribution in [-0.4, -0.2) is 37.0 Å². The molecule has 4 rings (SSSR count). The van der Waals surface area contributed by atoms with Crippen LogP contribution >= 0.6 is 22.6 Å². The van der Waals surface area contributed by atoms with Gasteiger partial charge in [0.1, 0.15) is 11.4 Å². The molecule has 1 fully saturated rings. The monoisotopic (exact) mass is 657 g/mol. The first-order valence-corrected chi connectivity index (χ1v) is 13.3. The molecule has 5 amide bonds. The van der Waals surface area contributed by atoms with E-state index in [-0.39, 0.29) is 30.4 Å². The molecule has 11 heteroatoms. The van der Waals surface area contributed by atoms with E-state index in [1.807, 2.05) is 54.6 Å². The average molecular weight is 657 g/mol. The number of benzene rings is 3. The van der Waals surface area contributed by atoms with Gasteiger partial charge in [0, 0.05) is 5.69 Å². The maximum absolute atomic E-state index is 13.4. The van der Waals surface area contributed by atoms with Gasteiger partial charge in [-0.15, -0.1) is 0 Å². The van der Waals surface area contributed by atoms with Gasteiger partial charge in [-0.25, -0.2) is 14.1 Å². The Balaban J connectivity index is 1.58. The standard InChI is InChI=1S/C29H25FIN3O6/c1-4-39-24-14-18(12-21-27(36)33-29(38)34(28(21)37)20-9-7-19(30)8-10-20)13-22(31)26(24)40-15-25(35)32-23-11-16(2)5-6-17(23)3/h5-14H,4,15H2,1-3H3,(H,32,35)(H,33,36,38)/b21-12+. The molecule has 2 N–H and O–H groups in total. The number of hydrogen-bond donors (Lipinski definition) is 2. The van der Waals surface area contributed by atoms with E-state index in [9.17, 15) is 23.6 Å². The summed E-state index contributed by atoms with van der Waals surface area (Å²) in [4.78, 5) is 51.5. The molecule has 1 aliphatic heterocycles. The van der Waals surface area contributed by atoms with E-state index in [0.717, 1.165) is 28.2 Å². The van der Waals surface area contributed by atoms with Gasteiger partial charge in [-0.1, -0.05) is 12.1 Å². The van der Waals surface area contributed by atoms with Gasteiger partial charge in [0.05, 0.1) is 15.9 Å². The lowest BCUT2D eigenvalue weighted by atomic mass is 10.1. The van der Waals surface area contributed by atoms with Crippen LogP contribution in [0.25, 0.3) is 6.08 Å². The van der Waals surface area contributed by atoms with Gasteiger partial charge >= 0.3 is 6.03 Å². The van der Waals surface area contributed by atoms with E-state index in [0.29, 0.717) is 26.3 Å². The molecular formula is C29H25FIN3O6. The summed E-state index contributed by atoms with van der Waals surface area (Å²) in [6.07, 6.45) is 1.32. The first kappa shape index (κ1) is 28.7. The molecule has 0 aromatic heterocycles. The third kappa shape index (κ3) is 6.47. The highest BCUT2D eigenvalue weighted by Gasteiger charge is 2.37. The molecule has 0 unspecified atom stereocenters. The summed E-state index contributed by atoms with van der Waals surface area (Å²) in [6, 6.07) is 12.8.